The van der Waals surface area contributed by atoms with E-state index in [0.29, 0.717) is 23.7 Å². The summed E-state index contributed by atoms with van der Waals surface area (Å²) in [6.07, 6.45) is 3.84. The molecule has 1 aromatic heterocycles. The molecule has 0 N–H and O–H groups in total. The lowest BCUT2D eigenvalue weighted by Crippen LogP contribution is -2.08. The summed E-state index contributed by atoms with van der Waals surface area (Å²) in [6, 6.07) is 11.7. The number of benzene rings is 2. The van der Waals surface area contributed by atoms with E-state index >= 15 is 0 Å². The van der Waals surface area contributed by atoms with Gasteiger partial charge in [-0.3, -0.25) is 4.79 Å². The minimum Gasteiger partial charge on any atom is -0.491 e. The highest BCUT2D eigenvalue weighted by Crippen LogP contribution is 2.33. The standard InChI is InChI=1S/C24H26I2O3.ClH/c1-4-5-9-21-22(17-8-6-7-10-20(17)29-21)23(27)16-13-18(25)24(19(26)14-16)28-12-11-15(2)3;/h6-8,10,13-15H,4-5,9,11-12H2,1-3H3;1H. The molecule has 0 aliphatic carbocycles. The van der Waals surface area contributed by atoms with Crippen LogP contribution in [-0.2, 0) is 6.42 Å². The Bertz CT molecular complexity index is 988. The van der Waals surface area contributed by atoms with Gasteiger partial charge in [-0.15, -0.1) is 12.4 Å². The molecule has 0 saturated carbocycles. The average molecular weight is 653 g/mol. The maximum atomic E-state index is 13.5. The second-order valence-corrected chi connectivity index (χ2v) is 9.95. The summed E-state index contributed by atoms with van der Waals surface area (Å²) in [6.45, 7) is 7.20. The van der Waals surface area contributed by atoms with Crippen LogP contribution in [0.2, 0.25) is 0 Å². The molecule has 3 rings (SSSR count). The Kier molecular flexibility index (Phi) is 9.94. The molecule has 0 spiro atoms. The van der Waals surface area contributed by atoms with Crippen molar-refractivity contribution < 1.29 is 13.9 Å². The van der Waals surface area contributed by atoms with Crippen molar-refractivity contribution in [3.05, 3.63) is 60.4 Å². The highest BCUT2D eigenvalue weighted by molar-refractivity contribution is 14.1. The molecule has 1 heterocycles. The number of para-hydroxylation sites is 1. The molecular formula is C24H27ClI2O3. The molecule has 6 heteroatoms. The Labute approximate surface area is 212 Å². The second-order valence-electron chi connectivity index (χ2n) is 7.63. The number of fused-ring (bicyclic) bond motifs is 1. The molecule has 0 fully saturated rings. The number of aryl methyl sites for hydroxylation is 1. The number of ether oxygens (including phenoxy) is 1. The van der Waals surface area contributed by atoms with Crippen molar-refractivity contribution in [2.24, 2.45) is 5.92 Å². The molecule has 2 aromatic carbocycles. The van der Waals surface area contributed by atoms with E-state index in [9.17, 15) is 4.79 Å². The van der Waals surface area contributed by atoms with Gasteiger partial charge in [-0.1, -0.05) is 45.4 Å². The van der Waals surface area contributed by atoms with E-state index in [2.05, 4.69) is 66.0 Å². The molecule has 0 radical (unpaired) electrons. The van der Waals surface area contributed by atoms with Crippen LogP contribution in [0.1, 0.15) is 61.7 Å². The van der Waals surface area contributed by atoms with Gasteiger partial charge in [0.15, 0.2) is 5.78 Å². The molecule has 0 amide bonds. The van der Waals surface area contributed by atoms with Crippen molar-refractivity contribution >= 4 is 74.3 Å². The molecule has 3 nitrogen and oxygen atoms in total. The summed E-state index contributed by atoms with van der Waals surface area (Å²) >= 11 is 4.53. The van der Waals surface area contributed by atoms with Crippen LogP contribution in [0.3, 0.4) is 0 Å². The largest absolute Gasteiger partial charge is 0.491 e. The van der Waals surface area contributed by atoms with E-state index in [-0.39, 0.29) is 18.2 Å². The smallest absolute Gasteiger partial charge is 0.197 e. The maximum absolute atomic E-state index is 13.5. The summed E-state index contributed by atoms with van der Waals surface area (Å²) < 4.78 is 14.0. The first-order valence-corrected chi connectivity index (χ1v) is 12.2. The third kappa shape index (κ3) is 5.91. The van der Waals surface area contributed by atoms with Crippen molar-refractivity contribution in [2.45, 2.75) is 46.5 Å². The SMILES string of the molecule is CCCCc1oc2ccccc2c1C(=O)c1cc(I)c(OCCC(C)C)c(I)c1.Cl. The molecule has 0 unspecified atom stereocenters. The number of hydrogen-bond acceptors (Lipinski definition) is 3. The van der Waals surface area contributed by atoms with Gasteiger partial charge in [-0.05, 0) is 82.1 Å². The third-order valence-corrected chi connectivity index (χ3v) is 6.46. The lowest BCUT2D eigenvalue weighted by atomic mass is 9.98. The van der Waals surface area contributed by atoms with Gasteiger partial charge in [0.2, 0.25) is 0 Å². The summed E-state index contributed by atoms with van der Waals surface area (Å²) in [5, 5.41) is 0.894. The highest BCUT2D eigenvalue weighted by atomic mass is 127. The van der Waals surface area contributed by atoms with Gasteiger partial charge in [0.05, 0.1) is 19.3 Å². The summed E-state index contributed by atoms with van der Waals surface area (Å²) in [5.74, 6) is 2.28. The Morgan fingerprint density at radius 2 is 1.80 bits per heavy atom. The van der Waals surface area contributed by atoms with E-state index in [0.717, 1.165) is 55.3 Å². The monoisotopic (exact) mass is 652 g/mol. The Morgan fingerprint density at radius 1 is 1.13 bits per heavy atom. The lowest BCUT2D eigenvalue weighted by molar-refractivity contribution is 0.103. The van der Waals surface area contributed by atoms with Crippen LogP contribution in [-0.4, -0.2) is 12.4 Å². The maximum Gasteiger partial charge on any atom is 0.197 e. The fourth-order valence-corrected chi connectivity index (χ4v) is 5.31. The Hall–Kier alpha value is -0.800. The van der Waals surface area contributed by atoms with Crippen molar-refractivity contribution in [1.82, 2.24) is 0 Å². The van der Waals surface area contributed by atoms with Crippen molar-refractivity contribution in [1.29, 1.82) is 0 Å². The number of carbonyl (C=O) groups is 1. The highest BCUT2D eigenvalue weighted by Gasteiger charge is 2.23. The van der Waals surface area contributed by atoms with Crippen molar-refractivity contribution in [2.75, 3.05) is 6.61 Å². The minimum atomic E-state index is 0. The van der Waals surface area contributed by atoms with Crippen molar-refractivity contribution in [3.63, 3.8) is 0 Å². The first kappa shape index (κ1) is 25.5. The zero-order valence-corrected chi connectivity index (χ0v) is 22.6. The van der Waals surface area contributed by atoms with Crippen LogP contribution >= 0.6 is 57.6 Å². The molecule has 0 atom stereocenters. The van der Waals surface area contributed by atoms with Gasteiger partial charge in [0.25, 0.3) is 0 Å². The number of furan rings is 1. The molecule has 162 valence electrons. The number of ketones is 1. The van der Waals surface area contributed by atoms with E-state index < -0.39 is 0 Å². The topological polar surface area (TPSA) is 39.4 Å². The van der Waals surface area contributed by atoms with Crippen LogP contribution in [0.25, 0.3) is 11.0 Å². The van der Waals surface area contributed by atoms with Gasteiger partial charge in [-0.2, -0.15) is 0 Å². The number of halogens is 3. The van der Waals surface area contributed by atoms with Gasteiger partial charge < -0.3 is 9.15 Å². The fourth-order valence-electron chi connectivity index (χ4n) is 3.23. The molecule has 0 aliphatic rings. The number of unbranched alkanes of at least 4 members (excludes halogenated alkanes) is 1. The van der Waals surface area contributed by atoms with E-state index in [1.165, 1.54) is 0 Å². The van der Waals surface area contributed by atoms with Crippen molar-refractivity contribution in [3.8, 4) is 5.75 Å². The normalized spacial score (nSPS) is 11.0. The average Bonchev–Trinajstić information content (AvgIpc) is 3.05. The van der Waals surface area contributed by atoms with Crippen LogP contribution in [0.4, 0.5) is 0 Å². The predicted molar refractivity (Wildman–Crippen MR) is 142 cm³/mol. The molecule has 30 heavy (non-hydrogen) atoms. The molecule has 3 aromatic rings. The van der Waals surface area contributed by atoms with E-state index in [1.807, 2.05) is 36.4 Å². The van der Waals surface area contributed by atoms with Gasteiger partial charge >= 0.3 is 0 Å². The molecule has 0 bridgehead atoms. The lowest BCUT2D eigenvalue weighted by Gasteiger charge is -2.13. The van der Waals surface area contributed by atoms with E-state index in [1.54, 1.807) is 0 Å². The van der Waals surface area contributed by atoms with Crippen LogP contribution in [0.15, 0.2) is 40.8 Å². The zero-order valence-electron chi connectivity index (χ0n) is 17.5. The summed E-state index contributed by atoms with van der Waals surface area (Å²) in [5.41, 5.74) is 2.16. The quantitative estimate of drug-likeness (QED) is 0.174. The molecule has 0 aliphatic heterocycles. The number of rotatable bonds is 9. The van der Waals surface area contributed by atoms with E-state index in [4.69, 9.17) is 9.15 Å². The fraction of sp³-hybridized carbons (Fsp3) is 0.375. The van der Waals surface area contributed by atoms with Crippen LogP contribution in [0.5, 0.6) is 5.75 Å². The van der Waals surface area contributed by atoms with Crippen LogP contribution in [0, 0.1) is 13.1 Å². The predicted octanol–water partition coefficient (Wildman–Crippen LogP) is 8.06. The van der Waals surface area contributed by atoms with Crippen LogP contribution < -0.4 is 4.74 Å². The second kappa shape index (κ2) is 11.7. The Morgan fingerprint density at radius 3 is 2.43 bits per heavy atom. The molecular weight excluding hydrogens is 626 g/mol. The Balaban J connectivity index is 0.00000320. The zero-order chi connectivity index (χ0) is 21.0. The van der Waals surface area contributed by atoms with Gasteiger partial charge in [0.1, 0.15) is 17.1 Å². The van der Waals surface area contributed by atoms with Gasteiger partial charge in [0, 0.05) is 17.4 Å². The molecule has 0 saturated heterocycles. The third-order valence-electron chi connectivity index (χ3n) is 4.85. The first-order valence-electron chi connectivity index (χ1n) is 10.1. The first-order chi connectivity index (χ1) is 13.9. The number of carbonyl (C=O) groups excluding carboxylic acids is 1. The van der Waals surface area contributed by atoms with Gasteiger partial charge in [-0.25, -0.2) is 0 Å². The summed E-state index contributed by atoms with van der Waals surface area (Å²) in [7, 11) is 0. The minimum absolute atomic E-state index is 0. The number of hydrogen-bond donors (Lipinski definition) is 0. The summed E-state index contributed by atoms with van der Waals surface area (Å²) in [4.78, 5) is 13.5.